The molecule has 0 fully saturated rings. The van der Waals surface area contributed by atoms with Gasteiger partial charge in [0.25, 0.3) is 5.56 Å². The van der Waals surface area contributed by atoms with Gasteiger partial charge in [-0.2, -0.15) is 5.26 Å². The van der Waals surface area contributed by atoms with Gasteiger partial charge in [0.15, 0.2) is 5.16 Å². The molecule has 4 rings (SSSR count). The molecule has 7 nitrogen and oxygen atoms in total. The summed E-state index contributed by atoms with van der Waals surface area (Å²) >= 11 is 1.11. The van der Waals surface area contributed by atoms with Crippen LogP contribution in [0.2, 0.25) is 0 Å². The summed E-state index contributed by atoms with van der Waals surface area (Å²) in [7, 11) is 0. The molecule has 0 saturated heterocycles. The minimum atomic E-state index is -0.556. The number of ether oxygens (including phenoxy) is 1. The molecule has 1 aromatic heterocycles. The van der Waals surface area contributed by atoms with Crippen molar-refractivity contribution in [2.24, 2.45) is 0 Å². The van der Waals surface area contributed by atoms with Crippen LogP contribution < -0.4 is 15.6 Å². The highest BCUT2D eigenvalue weighted by molar-refractivity contribution is 8.00. The van der Waals surface area contributed by atoms with E-state index in [0.29, 0.717) is 17.0 Å². The van der Waals surface area contributed by atoms with Crippen molar-refractivity contribution in [2.75, 3.05) is 5.32 Å². The molecule has 168 valence electrons. The number of H-pyrrole nitrogens is 1. The number of nitrogens with one attached hydrogen (secondary N) is 2. The van der Waals surface area contributed by atoms with Crippen LogP contribution in [0.15, 0.2) is 94.9 Å². The first-order valence-electron chi connectivity index (χ1n) is 10.4. The van der Waals surface area contributed by atoms with Crippen molar-refractivity contribution in [3.63, 3.8) is 0 Å². The Morgan fingerprint density at radius 2 is 1.62 bits per heavy atom. The lowest BCUT2D eigenvalue weighted by atomic mass is 10.1. The van der Waals surface area contributed by atoms with Crippen molar-refractivity contribution < 1.29 is 9.53 Å². The third-order valence-electron chi connectivity index (χ3n) is 4.82. The predicted molar refractivity (Wildman–Crippen MR) is 132 cm³/mol. The van der Waals surface area contributed by atoms with Gasteiger partial charge in [0, 0.05) is 11.3 Å². The second-order valence-electron chi connectivity index (χ2n) is 7.26. The first-order chi connectivity index (χ1) is 16.5. The Hall–Kier alpha value is -4.35. The van der Waals surface area contributed by atoms with Gasteiger partial charge < -0.3 is 15.0 Å². The number of hydrogen-bond acceptors (Lipinski definition) is 6. The van der Waals surface area contributed by atoms with Crippen LogP contribution in [0.5, 0.6) is 11.5 Å². The van der Waals surface area contributed by atoms with Crippen LogP contribution in [0.25, 0.3) is 11.3 Å². The maximum absolute atomic E-state index is 12.7. The average molecular weight is 469 g/mol. The van der Waals surface area contributed by atoms with Gasteiger partial charge in [-0.05, 0) is 43.3 Å². The second kappa shape index (κ2) is 10.5. The van der Waals surface area contributed by atoms with E-state index in [2.05, 4.69) is 15.3 Å². The quantitative estimate of drug-likeness (QED) is 0.284. The summed E-state index contributed by atoms with van der Waals surface area (Å²) in [6.07, 6.45) is 0. The molecule has 1 heterocycles. The number of hydrogen-bond donors (Lipinski definition) is 2. The zero-order valence-electron chi connectivity index (χ0n) is 18.2. The van der Waals surface area contributed by atoms with E-state index in [1.54, 1.807) is 55.5 Å². The van der Waals surface area contributed by atoms with Crippen molar-refractivity contribution in [1.29, 1.82) is 5.26 Å². The van der Waals surface area contributed by atoms with E-state index in [9.17, 15) is 14.9 Å². The maximum atomic E-state index is 12.7. The van der Waals surface area contributed by atoms with Gasteiger partial charge >= 0.3 is 0 Å². The average Bonchev–Trinajstić information content (AvgIpc) is 2.86. The first kappa shape index (κ1) is 22.8. The summed E-state index contributed by atoms with van der Waals surface area (Å²) in [5, 5.41) is 12.0. The number of aromatic amines is 1. The number of nitriles is 1. The number of benzene rings is 3. The number of thioether (sulfide) groups is 1. The second-order valence-corrected chi connectivity index (χ2v) is 8.59. The Labute approximate surface area is 200 Å². The fourth-order valence-corrected chi connectivity index (χ4v) is 3.91. The molecule has 0 aliphatic heterocycles. The molecule has 0 spiro atoms. The number of nitrogens with zero attached hydrogens (tertiary/aromatic N) is 2. The fourth-order valence-electron chi connectivity index (χ4n) is 3.11. The Morgan fingerprint density at radius 3 is 2.26 bits per heavy atom. The molecule has 0 aliphatic carbocycles. The molecule has 34 heavy (non-hydrogen) atoms. The Morgan fingerprint density at radius 1 is 1.00 bits per heavy atom. The van der Waals surface area contributed by atoms with Crippen LogP contribution in [0.1, 0.15) is 12.5 Å². The molecule has 1 unspecified atom stereocenters. The summed E-state index contributed by atoms with van der Waals surface area (Å²) in [6, 6.07) is 27.4. The molecule has 8 heteroatoms. The smallest absolute Gasteiger partial charge is 0.270 e. The Bertz CT molecular complexity index is 1380. The summed E-state index contributed by atoms with van der Waals surface area (Å²) in [5.74, 6) is 1.12. The highest BCUT2D eigenvalue weighted by Crippen LogP contribution is 2.26. The lowest BCUT2D eigenvalue weighted by Gasteiger charge is -2.13. The number of carbonyl (C=O) groups excluding carboxylic acids is 1. The van der Waals surface area contributed by atoms with E-state index in [4.69, 9.17) is 4.74 Å². The van der Waals surface area contributed by atoms with Crippen molar-refractivity contribution in [2.45, 2.75) is 17.3 Å². The molecule has 3 aromatic carbocycles. The highest BCUT2D eigenvalue weighted by atomic mass is 32.2. The lowest BCUT2D eigenvalue weighted by molar-refractivity contribution is -0.115. The van der Waals surface area contributed by atoms with Gasteiger partial charge in [-0.1, -0.05) is 60.3 Å². The number of anilines is 1. The van der Waals surface area contributed by atoms with Crippen LogP contribution in [-0.2, 0) is 4.79 Å². The van der Waals surface area contributed by atoms with E-state index in [-0.39, 0.29) is 22.3 Å². The van der Waals surface area contributed by atoms with Gasteiger partial charge in [0.2, 0.25) is 5.91 Å². The SMILES string of the molecule is CC(Sc1nc(-c2ccccc2)c(C#N)c(=O)[nH]1)C(=O)Nc1ccc(Oc2ccccc2)cc1. The topological polar surface area (TPSA) is 108 Å². The minimum absolute atomic E-state index is 0.0644. The van der Waals surface area contributed by atoms with Gasteiger partial charge in [0.1, 0.15) is 23.1 Å². The molecule has 2 N–H and O–H groups in total. The van der Waals surface area contributed by atoms with E-state index in [1.165, 1.54) is 0 Å². The van der Waals surface area contributed by atoms with E-state index in [0.717, 1.165) is 17.5 Å². The van der Waals surface area contributed by atoms with E-state index in [1.807, 2.05) is 42.5 Å². The normalized spacial score (nSPS) is 11.3. The summed E-state index contributed by atoms with van der Waals surface area (Å²) in [6.45, 7) is 1.72. The van der Waals surface area contributed by atoms with Gasteiger partial charge in [0.05, 0.1) is 10.9 Å². The molecular weight excluding hydrogens is 448 g/mol. The molecule has 0 saturated carbocycles. The van der Waals surface area contributed by atoms with Crippen LogP contribution in [0.4, 0.5) is 5.69 Å². The van der Waals surface area contributed by atoms with Gasteiger partial charge in [-0.3, -0.25) is 9.59 Å². The van der Waals surface area contributed by atoms with Crippen molar-refractivity contribution in [3.8, 4) is 28.8 Å². The third kappa shape index (κ3) is 5.52. The summed E-state index contributed by atoms with van der Waals surface area (Å²) < 4.78 is 5.76. The first-order valence-corrected chi connectivity index (χ1v) is 11.3. The highest BCUT2D eigenvalue weighted by Gasteiger charge is 2.19. The molecule has 4 aromatic rings. The standard InChI is InChI=1S/C26H20N4O3S/c1-17(24(31)28-19-12-14-21(15-13-19)33-20-10-6-3-7-11-20)34-26-29-23(18-8-4-2-5-9-18)22(16-27)25(32)30-26/h2-15,17H,1H3,(H,28,31)(H,29,30,32). The molecule has 0 radical (unpaired) electrons. The van der Waals surface area contributed by atoms with Crippen molar-refractivity contribution >= 4 is 23.4 Å². The molecule has 0 aliphatic rings. The third-order valence-corrected chi connectivity index (χ3v) is 5.80. The number of rotatable bonds is 7. The monoisotopic (exact) mass is 468 g/mol. The zero-order valence-corrected chi connectivity index (χ0v) is 19.0. The van der Waals surface area contributed by atoms with E-state index < -0.39 is 10.8 Å². The van der Waals surface area contributed by atoms with Crippen LogP contribution in [0, 0.1) is 11.3 Å². The van der Waals surface area contributed by atoms with E-state index >= 15 is 0 Å². The Kier molecular flexibility index (Phi) is 7.06. The summed E-state index contributed by atoms with van der Waals surface area (Å²) in [4.78, 5) is 32.2. The maximum Gasteiger partial charge on any atom is 0.270 e. The number of amides is 1. The lowest BCUT2D eigenvalue weighted by Crippen LogP contribution is -2.23. The number of para-hydroxylation sites is 1. The van der Waals surface area contributed by atoms with Gasteiger partial charge in [-0.25, -0.2) is 4.98 Å². The minimum Gasteiger partial charge on any atom is -0.457 e. The van der Waals surface area contributed by atoms with Crippen LogP contribution >= 0.6 is 11.8 Å². The van der Waals surface area contributed by atoms with Crippen LogP contribution in [0.3, 0.4) is 0 Å². The fraction of sp³-hybridized carbons (Fsp3) is 0.0769. The van der Waals surface area contributed by atoms with Crippen molar-refractivity contribution in [3.05, 3.63) is 101 Å². The molecular formula is C26H20N4O3S. The predicted octanol–water partition coefficient (Wildman–Crippen LogP) is 5.22. The molecule has 1 amide bonds. The van der Waals surface area contributed by atoms with Crippen molar-refractivity contribution in [1.82, 2.24) is 9.97 Å². The largest absolute Gasteiger partial charge is 0.457 e. The Balaban J connectivity index is 1.44. The number of aromatic nitrogens is 2. The molecule has 0 bridgehead atoms. The zero-order chi connectivity index (χ0) is 23.9. The van der Waals surface area contributed by atoms with Crippen LogP contribution in [-0.4, -0.2) is 21.1 Å². The van der Waals surface area contributed by atoms with Gasteiger partial charge in [-0.15, -0.1) is 0 Å². The summed E-state index contributed by atoms with van der Waals surface area (Å²) in [5.41, 5.74) is 0.952. The molecule has 1 atom stereocenters. The number of carbonyl (C=O) groups is 1.